The Kier molecular flexibility index (Phi) is 4.21. The molecule has 100 valence electrons. The molecular formula is C12H20N4OS. The van der Waals surface area contributed by atoms with Crippen molar-refractivity contribution in [2.24, 2.45) is 0 Å². The van der Waals surface area contributed by atoms with E-state index in [-0.39, 0.29) is 6.61 Å². The minimum absolute atomic E-state index is 0.141. The summed E-state index contributed by atoms with van der Waals surface area (Å²) in [7, 11) is 1.93. The number of fused-ring (bicyclic) bond motifs is 1. The maximum atomic E-state index is 9.20. The van der Waals surface area contributed by atoms with Crippen LogP contribution < -0.4 is 10.2 Å². The van der Waals surface area contributed by atoms with Gasteiger partial charge in [0.15, 0.2) is 10.8 Å². The monoisotopic (exact) mass is 268 g/mol. The molecule has 0 amide bonds. The molecule has 2 rings (SSSR count). The lowest BCUT2D eigenvalue weighted by Crippen LogP contribution is -2.34. The third-order valence-corrected chi connectivity index (χ3v) is 3.68. The minimum atomic E-state index is 0.141. The number of rotatable bonds is 6. The highest BCUT2D eigenvalue weighted by molar-refractivity contribution is 7.15. The Morgan fingerprint density at radius 2 is 2.33 bits per heavy atom. The van der Waals surface area contributed by atoms with Crippen molar-refractivity contribution in [2.75, 3.05) is 25.1 Å². The SMILES string of the molecule is CNCc1c(N(CCO)C(C)C)nc2sccn12. The van der Waals surface area contributed by atoms with Gasteiger partial charge in [0.25, 0.3) is 0 Å². The molecular weight excluding hydrogens is 248 g/mol. The minimum Gasteiger partial charge on any atom is -0.395 e. The van der Waals surface area contributed by atoms with Gasteiger partial charge < -0.3 is 15.3 Å². The summed E-state index contributed by atoms with van der Waals surface area (Å²) in [5.41, 5.74) is 1.15. The van der Waals surface area contributed by atoms with Crippen molar-refractivity contribution in [1.29, 1.82) is 0 Å². The van der Waals surface area contributed by atoms with E-state index in [4.69, 9.17) is 0 Å². The highest BCUT2D eigenvalue weighted by Crippen LogP contribution is 2.25. The molecule has 0 aliphatic carbocycles. The molecule has 5 nitrogen and oxygen atoms in total. The lowest BCUT2D eigenvalue weighted by atomic mass is 10.3. The zero-order valence-corrected chi connectivity index (χ0v) is 11.9. The fourth-order valence-corrected chi connectivity index (χ4v) is 2.83. The molecule has 0 aromatic carbocycles. The van der Waals surface area contributed by atoms with E-state index >= 15 is 0 Å². The summed E-state index contributed by atoms with van der Waals surface area (Å²) in [5, 5.41) is 14.4. The molecule has 2 aromatic heterocycles. The lowest BCUT2D eigenvalue weighted by molar-refractivity contribution is 0.298. The fourth-order valence-electron chi connectivity index (χ4n) is 2.10. The summed E-state index contributed by atoms with van der Waals surface area (Å²) in [5.74, 6) is 0.972. The average molecular weight is 268 g/mol. The fraction of sp³-hybridized carbons (Fsp3) is 0.583. The van der Waals surface area contributed by atoms with Crippen molar-refractivity contribution in [3.8, 4) is 0 Å². The Morgan fingerprint density at radius 1 is 1.56 bits per heavy atom. The van der Waals surface area contributed by atoms with Crippen LogP contribution in [0, 0.1) is 0 Å². The summed E-state index contributed by atoms with van der Waals surface area (Å²) >= 11 is 1.63. The number of imidazole rings is 1. The van der Waals surface area contributed by atoms with Gasteiger partial charge in [-0.3, -0.25) is 4.40 Å². The van der Waals surface area contributed by atoms with Gasteiger partial charge in [0.05, 0.1) is 12.3 Å². The lowest BCUT2D eigenvalue weighted by Gasteiger charge is -2.27. The highest BCUT2D eigenvalue weighted by Gasteiger charge is 2.20. The van der Waals surface area contributed by atoms with Crippen molar-refractivity contribution in [3.05, 3.63) is 17.3 Å². The van der Waals surface area contributed by atoms with E-state index in [0.29, 0.717) is 12.6 Å². The maximum Gasteiger partial charge on any atom is 0.195 e. The van der Waals surface area contributed by atoms with Crippen LogP contribution in [-0.4, -0.2) is 40.7 Å². The topological polar surface area (TPSA) is 52.8 Å². The molecule has 0 saturated carbocycles. The van der Waals surface area contributed by atoms with Gasteiger partial charge >= 0.3 is 0 Å². The molecule has 0 saturated heterocycles. The number of aliphatic hydroxyl groups is 1. The van der Waals surface area contributed by atoms with Crippen molar-refractivity contribution in [2.45, 2.75) is 26.4 Å². The summed E-state index contributed by atoms with van der Waals surface area (Å²) in [6.07, 6.45) is 2.04. The molecule has 18 heavy (non-hydrogen) atoms. The third kappa shape index (κ3) is 2.36. The Labute approximate surface area is 111 Å². The molecule has 2 heterocycles. The van der Waals surface area contributed by atoms with Crippen molar-refractivity contribution < 1.29 is 5.11 Å². The van der Waals surface area contributed by atoms with E-state index in [0.717, 1.165) is 23.0 Å². The molecule has 0 unspecified atom stereocenters. The van der Waals surface area contributed by atoms with Crippen LogP contribution in [0.3, 0.4) is 0 Å². The number of anilines is 1. The number of aromatic nitrogens is 2. The van der Waals surface area contributed by atoms with Crippen molar-refractivity contribution in [1.82, 2.24) is 14.7 Å². The molecule has 0 aliphatic heterocycles. The first-order valence-corrected chi connectivity index (χ1v) is 7.03. The molecule has 0 fully saturated rings. The largest absolute Gasteiger partial charge is 0.395 e. The average Bonchev–Trinajstić information content (AvgIpc) is 2.89. The first kappa shape index (κ1) is 13.3. The van der Waals surface area contributed by atoms with Crippen molar-refractivity contribution >= 4 is 22.1 Å². The van der Waals surface area contributed by atoms with Gasteiger partial charge in [-0.05, 0) is 20.9 Å². The Balaban J connectivity index is 2.46. The van der Waals surface area contributed by atoms with Gasteiger partial charge in [-0.15, -0.1) is 11.3 Å². The van der Waals surface area contributed by atoms with E-state index in [1.165, 1.54) is 0 Å². The van der Waals surface area contributed by atoms with Crippen LogP contribution in [0.2, 0.25) is 0 Å². The van der Waals surface area contributed by atoms with Crippen LogP contribution in [-0.2, 0) is 6.54 Å². The molecule has 0 atom stereocenters. The predicted molar refractivity (Wildman–Crippen MR) is 75.4 cm³/mol. The quantitative estimate of drug-likeness (QED) is 0.830. The molecule has 2 aromatic rings. The molecule has 0 bridgehead atoms. The van der Waals surface area contributed by atoms with Crippen LogP contribution >= 0.6 is 11.3 Å². The number of nitrogens with one attached hydrogen (secondary N) is 1. The normalized spacial score (nSPS) is 11.6. The molecule has 0 spiro atoms. The summed E-state index contributed by atoms with van der Waals surface area (Å²) in [6, 6.07) is 0.317. The van der Waals surface area contributed by atoms with E-state index < -0.39 is 0 Å². The summed E-state index contributed by atoms with van der Waals surface area (Å²) in [4.78, 5) is 7.83. The van der Waals surface area contributed by atoms with Gasteiger partial charge in [-0.1, -0.05) is 0 Å². The van der Waals surface area contributed by atoms with Crippen molar-refractivity contribution in [3.63, 3.8) is 0 Å². The number of thiazole rings is 1. The molecule has 6 heteroatoms. The highest BCUT2D eigenvalue weighted by atomic mass is 32.1. The van der Waals surface area contributed by atoms with Gasteiger partial charge in [0.1, 0.15) is 0 Å². The van der Waals surface area contributed by atoms with Crippen LogP contribution in [0.4, 0.5) is 5.82 Å². The van der Waals surface area contributed by atoms with Crippen LogP contribution in [0.1, 0.15) is 19.5 Å². The van der Waals surface area contributed by atoms with E-state index in [9.17, 15) is 5.11 Å². The van der Waals surface area contributed by atoms with Gasteiger partial charge in [0, 0.05) is 30.7 Å². The van der Waals surface area contributed by atoms with E-state index in [2.05, 4.69) is 33.4 Å². The first-order valence-electron chi connectivity index (χ1n) is 6.15. The molecule has 0 radical (unpaired) electrons. The number of hydrogen-bond donors (Lipinski definition) is 2. The third-order valence-electron chi connectivity index (χ3n) is 2.92. The standard InChI is InChI=1S/C12H20N4OS/c1-9(2)15(4-6-17)11-10(8-13-3)16-5-7-18-12(16)14-11/h5,7,9,13,17H,4,6,8H2,1-3H3. The number of hydrogen-bond acceptors (Lipinski definition) is 5. The second-order valence-electron chi connectivity index (χ2n) is 4.48. The summed E-state index contributed by atoms with van der Waals surface area (Å²) < 4.78 is 2.11. The van der Waals surface area contributed by atoms with E-state index in [1.807, 2.05) is 18.6 Å². The Bertz CT molecular complexity index is 505. The number of nitrogens with zero attached hydrogens (tertiary/aromatic N) is 3. The van der Waals surface area contributed by atoms with Gasteiger partial charge in [-0.25, -0.2) is 4.98 Å². The van der Waals surface area contributed by atoms with Crippen LogP contribution in [0.25, 0.3) is 4.96 Å². The smallest absolute Gasteiger partial charge is 0.195 e. The van der Waals surface area contributed by atoms with Gasteiger partial charge in [0.2, 0.25) is 0 Å². The van der Waals surface area contributed by atoms with Crippen LogP contribution in [0.5, 0.6) is 0 Å². The predicted octanol–water partition coefficient (Wildman–Crippen LogP) is 1.32. The Hall–Kier alpha value is -1.11. The summed E-state index contributed by atoms with van der Waals surface area (Å²) in [6.45, 7) is 5.75. The second-order valence-corrected chi connectivity index (χ2v) is 5.35. The zero-order chi connectivity index (χ0) is 13.1. The second kappa shape index (κ2) is 5.69. The van der Waals surface area contributed by atoms with E-state index in [1.54, 1.807) is 11.3 Å². The zero-order valence-electron chi connectivity index (χ0n) is 11.1. The molecule has 2 N–H and O–H groups in total. The van der Waals surface area contributed by atoms with Gasteiger partial charge in [-0.2, -0.15) is 0 Å². The molecule has 0 aliphatic rings. The Morgan fingerprint density at radius 3 is 2.94 bits per heavy atom. The van der Waals surface area contributed by atoms with Crippen LogP contribution in [0.15, 0.2) is 11.6 Å². The number of aliphatic hydroxyl groups excluding tert-OH is 1. The maximum absolute atomic E-state index is 9.20. The first-order chi connectivity index (χ1) is 8.69.